The highest BCUT2D eigenvalue weighted by Gasteiger charge is 2.22. The van der Waals surface area contributed by atoms with E-state index in [1.54, 1.807) is 30.4 Å². The highest BCUT2D eigenvalue weighted by Crippen LogP contribution is 2.30. The first-order chi connectivity index (χ1) is 9.06. The minimum atomic E-state index is -0.756. The van der Waals surface area contributed by atoms with Crippen molar-refractivity contribution in [2.45, 2.75) is 26.8 Å². The Hall–Kier alpha value is -1.26. The van der Waals surface area contributed by atoms with Crippen LogP contribution in [0, 0.1) is 25.5 Å². The Morgan fingerprint density at radius 1 is 1.05 bits per heavy atom. The molecule has 1 nitrogen and oxygen atoms in total. The van der Waals surface area contributed by atoms with E-state index in [0.29, 0.717) is 17.7 Å². The molecule has 1 aromatic heterocycles. The van der Waals surface area contributed by atoms with E-state index in [2.05, 4.69) is 5.32 Å². The molecule has 0 aliphatic rings. The lowest BCUT2D eigenvalue weighted by atomic mass is 9.96. The molecule has 0 aliphatic heterocycles. The van der Waals surface area contributed by atoms with Crippen LogP contribution in [-0.4, -0.2) is 6.54 Å². The highest BCUT2D eigenvalue weighted by atomic mass is 32.1. The molecule has 2 aromatic rings. The summed E-state index contributed by atoms with van der Waals surface area (Å²) in [7, 11) is 0. The van der Waals surface area contributed by atoms with Crippen molar-refractivity contribution in [1.29, 1.82) is 0 Å². The van der Waals surface area contributed by atoms with Crippen molar-refractivity contribution in [1.82, 2.24) is 5.32 Å². The third-order valence-electron chi connectivity index (χ3n) is 3.23. The van der Waals surface area contributed by atoms with E-state index in [-0.39, 0.29) is 6.04 Å². The lowest BCUT2D eigenvalue weighted by Gasteiger charge is -2.20. The van der Waals surface area contributed by atoms with Gasteiger partial charge in [0, 0.05) is 5.56 Å². The van der Waals surface area contributed by atoms with Gasteiger partial charge in [0.25, 0.3) is 0 Å². The van der Waals surface area contributed by atoms with Gasteiger partial charge in [-0.15, -0.1) is 0 Å². The lowest BCUT2D eigenvalue weighted by Crippen LogP contribution is -2.23. The van der Waals surface area contributed by atoms with E-state index in [1.165, 1.54) is 0 Å². The summed E-state index contributed by atoms with van der Waals surface area (Å²) in [6.07, 6.45) is 0. The van der Waals surface area contributed by atoms with E-state index in [1.807, 2.05) is 24.6 Å². The Balaban J connectivity index is 2.52. The molecule has 1 N–H and O–H groups in total. The van der Waals surface area contributed by atoms with Gasteiger partial charge in [-0.05, 0) is 47.8 Å². The molecule has 0 aliphatic carbocycles. The van der Waals surface area contributed by atoms with Gasteiger partial charge in [-0.1, -0.05) is 19.1 Å². The van der Waals surface area contributed by atoms with E-state index >= 15 is 0 Å². The molecule has 19 heavy (non-hydrogen) atoms. The van der Waals surface area contributed by atoms with Crippen molar-refractivity contribution in [2.24, 2.45) is 0 Å². The second-order valence-corrected chi connectivity index (χ2v) is 5.34. The molecule has 0 bridgehead atoms. The van der Waals surface area contributed by atoms with Crippen LogP contribution in [-0.2, 0) is 0 Å². The molecule has 102 valence electrons. The number of hydrogen-bond donors (Lipinski definition) is 1. The summed E-state index contributed by atoms with van der Waals surface area (Å²) in [4.78, 5) is 0. The van der Waals surface area contributed by atoms with E-state index in [4.69, 9.17) is 0 Å². The third kappa shape index (κ3) is 2.69. The molecule has 0 radical (unpaired) electrons. The minimum Gasteiger partial charge on any atom is -0.306 e. The molecule has 0 spiro atoms. The zero-order chi connectivity index (χ0) is 14.0. The van der Waals surface area contributed by atoms with Crippen LogP contribution in [0.5, 0.6) is 0 Å². The smallest absolute Gasteiger partial charge is 0.164 e. The average molecular weight is 281 g/mol. The molecule has 2 rings (SSSR count). The van der Waals surface area contributed by atoms with Crippen LogP contribution in [0.3, 0.4) is 0 Å². The number of thiophene rings is 1. The predicted molar refractivity (Wildman–Crippen MR) is 75.7 cm³/mol. The lowest BCUT2D eigenvalue weighted by molar-refractivity contribution is 0.478. The van der Waals surface area contributed by atoms with Crippen molar-refractivity contribution >= 4 is 11.3 Å². The first kappa shape index (κ1) is 14.2. The number of rotatable bonds is 4. The molecule has 0 fully saturated rings. The van der Waals surface area contributed by atoms with Gasteiger partial charge in [0.1, 0.15) is 0 Å². The van der Waals surface area contributed by atoms with Gasteiger partial charge in [-0.25, -0.2) is 8.78 Å². The first-order valence-electron chi connectivity index (χ1n) is 6.26. The maximum atomic E-state index is 14.1. The fourth-order valence-corrected chi connectivity index (χ4v) is 3.02. The third-order valence-corrected chi connectivity index (χ3v) is 4.11. The van der Waals surface area contributed by atoms with Gasteiger partial charge in [0.15, 0.2) is 11.6 Å². The van der Waals surface area contributed by atoms with Crippen LogP contribution in [0.4, 0.5) is 8.78 Å². The SMILES string of the molecule is CCNC(c1cscc1C)c1ccc(C)c(F)c1F. The summed E-state index contributed by atoms with van der Waals surface area (Å²) in [5.41, 5.74) is 2.80. The summed E-state index contributed by atoms with van der Waals surface area (Å²) < 4.78 is 27.9. The summed E-state index contributed by atoms with van der Waals surface area (Å²) in [6.45, 7) is 6.20. The molecule has 0 amide bonds. The average Bonchev–Trinajstić information content (AvgIpc) is 2.80. The van der Waals surface area contributed by atoms with Gasteiger partial charge in [0.05, 0.1) is 6.04 Å². The van der Waals surface area contributed by atoms with Gasteiger partial charge in [0.2, 0.25) is 0 Å². The number of halogens is 2. The zero-order valence-electron chi connectivity index (χ0n) is 11.3. The van der Waals surface area contributed by atoms with Crippen LogP contribution >= 0.6 is 11.3 Å². The first-order valence-corrected chi connectivity index (χ1v) is 7.21. The molecule has 1 aromatic carbocycles. The fourth-order valence-electron chi connectivity index (χ4n) is 2.14. The summed E-state index contributed by atoms with van der Waals surface area (Å²) in [6, 6.07) is 2.99. The van der Waals surface area contributed by atoms with Gasteiger partial charge >= 0.3 is 0 Å². The van der Waals surface area contributed by atoms with Crippen molar-refractivity contribution in [3.63, 3.8) is 0 Å². The largest absolute Gasteiger partial charge is 0.306 e. The predicted octanol–water partition coefficient (Wildman–Crippen LogP) is 4.34. The van der Waals surface area contributed by atoms with Crippen molar-refractivity contribution in [3.8, 4) is 0 Å². The van der Waals surface area contributed by atoms with Gasteiger partial charge in [-0.3, -0.25) is 0 Å². The van der Waals surface area contributed by atoms with Crippen molar-refractivity contribution in [3.05, 3.63) is 56.8 Å². The normalized spacial score (nSPS) is 12.7. The Morgan fingerprint density at radius 3 is 2.37 bits per heavy atom. The summed E-state index contributed by atoms with van der Waals surface area (Å²) >= 11 is 1.57. The van der Waals surface area contributed by atoms with Gasteiger partial charge < -0.3 is 5.32 Å². The van der Waals surface area contributed by atoms with Crippen LogP contribution in [0.1, 0.15) is 35.2 Å². The number of hydrogen-bond acceptors (Lipinski definition) is 2. The second kappa shape index (κ2) is 5.80. The van der Waals surface area contributed by atoms with Crippen molar-refractivity contribution in [2.75, 3.05) is 6.54 Å². The van der Waals surface area contributed by atoms with Crippen LogP contribution in [0.25, 0.3) is 0 Å². The van der Waals surface area contributed by atoms with Crippen LogP contribution in [0.2, 0.25) is 0 Å². The Bertz CT molecular complexity index is 578. The fraction of sp³-hybridized carbons (Fsp3) is 0.333. The molecular weight excluding hydrogens is 264 g/mol. The molecular formula is C15H17F2NS. The zero-order valence-corrected chi connectivity index (χ0v) is 12.1. The van der Waals surface area contributed by atoms with Gasteiger partial charge in [-0.2, -0.15) is 11.3 Å². The molecule has 0 saturated heterocycles. The number of nitrogens with one attached hydrogen (secondary N) is 1. The Morgan fingerprint density at radius 2 is 1.79 bits per heavy atom. The standard InChI is InChI=1S/C15H17F2NS/c1-4-18-15(12-8-19-7-10(12)3)11-6-5-9(2)13(16)14(11)17/h5-8,15,18H,4H2,1-3H3. The molecule has 1 atom stereocenters. The number of benzene rings is 1. The van der Waals surface area contributed by atoms with E-state index in [9.17, 15) is 8.78 Å². The highest BCUT2D eigenvalue weighted by molar-refractivity contribution is 7.08. The maximum Gasteiger partial charge on any atom is 0.164 e. The Labute approximate surface area is 116 Å². The Kier molecular flexibility index (Phi) is 4.32. The second-order valence-electron chi connectivity index (χ2n) is 4.60. The van der Waals surface area contributed by atoms with Crippen LogP contribution in [0.15, 0.2) is 22.9 Å². The molecule has 4 heteroatoms. The van der Waals surface area contributed by atoms with Crippen molar-refractivity contribution < 1.29 is 8.78 Å². The topological polar surface area (TPSA) is 12.0 Å². The monoisotopic (exact) mass is 281 g/mol. The minimum absolute atomic E-state index is 0.300. The molecule has 1 unspecified atom stereocenters. The molecule has 0 saturated carbocycles. The summed E-state index contributed by atoms with van der Waals surface area (Å²) in [5.74, 6) is -1.51. The van der Waals surface area contributed by atoms with E-state index in [0.717, 1.165) is 11.1 Å². The number of aryl methyl sites for hydroxylation is 2. The van der Waals surface area contributed by atoms with E-state index < -0.39 is 11.6 Å². The summed E-state index contributed by atoms with van der Waals surface area (Å²) in [5, 5.41) is 7.23. The van der Waals surface area contributed by atoms with Crippen LogP contribution < -0.4 is 5.32 Å². The quantitative estimate of drug-likeness (QED) is 0.879. The molecule has 1 heterocycles. The maximum absolute atomic E-state index is 14.1.